The van der Waals surface area contributed by atoms with Crippen molar-refractivity contribution in [3.8, 4) is 0 Å². The van der Waals surface area contributed by atoms with E-state index >= 15 is 0 Å². The maximum Gasteiger partial charge on any atom is 0.269 e. The molecule has 0 radical (unpaired) electrons. The number of nitrogens with zero attached hydrogens (tertiary/aromatic N) is 3. The summed E-state index contributed by atoms with van der Waals surface area (Å²) in [6, 6.07) is 5.30. The summed E-state index contributed by atoms with van der Waals surface area (Å²) in [5, 5.41) is 6.88. The first-order valence-electron chi connectivity index (χ1n) is 8.16. The molecule has 1 aromatic carbocycles. The summed E-state index contributed by atoms with van der Waals surface area (Å²) in [6.07, 6.45) is 2.20. The Hall–Kier alpha value is -2.00. The highest BCUT2D eigenvalue weighted by Crippen LogP contribution is 2.29. The van der Waals surface area contributed by atoms with Crippen molar-refractivity contribution < 1.29 is 13.2 Å². The molecule has 0 aliphatic carbocycles. The van der Waals surface area contributed by atoms with E-state index in [1.807, 2.05) is 19.9 Å². The third-order valence-electron chi connectivity index (χ3n) is 4.11. The Kier molecular flexibility index (Phi) is 5.05. The molecule has 134 valence electrons. The first-order valence-corrected chi connectivity index (χ1v) is 10.5. The van der Waals surface area contributed by atoms with Crippen LogP contribution in [0.5, 0.6) is 0 Å². The number of amides is 1. The van der Waals surface area contributed by atoms with Gasteiger partial charge in [0.15, 0.2) is 0 Å². The Morgan fingerprint density at radius 2 is 2.20 bits per heavy atom. The monoisotopic (exact) mass is 380 g/mol. The first kappa shape index (κ1) is 17.8. The van der Waals surface area contributed by atoms with Crippen molar-refractivity contribution in [2.24, 2.45) is 0 Å². The molecule has 0 spiro atoms. The highest BCUT2D eigenvalue weighted by atomic mass is 32.2. The summed E-state index contributed by atoms with van der Waals surface area (Å²) >= 11 is 1.07. The fourth-order valence-electron chi connectivity index (χ4n) is 2.79. The number of sulfonamides is 1. The molecule has 0 unspecified atom stereocenters. The van der Waals surface area contributed by atoms with E-state index in [1.54, 1.807) is 12.1 Å². The van der Waals surface area contributed by atoms with Crippen molar-refractivity contribution in [3.05, 3.63) is 34.3 Å². The number of nitrogens with one attached hydrogen (secondary N) is 1. The van der Waals surface area contributed by atoms with Crippen molar-refractivity contribution in [2.75, 3.05) is 21.9 Å². The third kappa shape index (κ3) is 3.67. The lowest BCUT2D eigenvalue weighted by Crippen LogP contribution is -2.25. The molecular weight excluding hydrogens is 360 g/mol. The van der Waals surface area contributed by atoms with Gasteiger partial charge in [0.1, 0.15) is 4.88 Å². The molecule has 1 aliphatic heterocycles. The van der Waals surface area contributed by atoms with Crippen LogP contribution in [-0.4, -0.2) is 36.2 Å². The van der Waals surface area contributed by atoms with Gasteiger partial charge in [0.25, 0.3) is 5.91 Å². The van der Waals surface area contributed by atoms with Crippen LogP contribution < -0.4 is 9.62 Å². The molecule has 2 heterocycles. The topological polar surface area (TPSA) is 92.3 Å². The number of carbonyl (C=O) groups is 1. The minimum Gasteiger partial charge on any atom is -0.321 e. The maximum atomic E-state index is 12.6. The van der Waals surface area contributed by atoms with E-state index in [0.29, 0.717) is 41.3 Å². The summed E-state index contributed by atoms with van der Waals surface area (Å²) in [5.41, 5.74) is 2.74. The van der Waals surface area contributed by atoms with E-state index in [-0.39, 0.29) is 11.7 Å². The zero-order chi connectivity index (χ0) is 18.0. The minimum atomic E-state index is -3.25. The molecule has 1 N–H and O–H groups in total. The normalized spacial score (nSPS) is 16.2. The number of hydrogen-bond donors (Lipinski definition) is 1. The summed E-state index contributed by atoms with van der Waals surface area (Å²) in [6.45, 7) is 4.36. The first-order chi connectivity index (χ1) is 11.9. The lowest BCUT2D eigenvalue weighted by Gasteiger charge is -2.19. The zero-order valence-electron chi connectivity index (χ0n) is 14.2. The van der Waals surface area contributed by atoms with Gasteiger partial charge < -0.3 is 5.32 Å². The van der Waals surface area contributed by atoms with Crippen molar-refractivity contribution in [2.45, 2.75) is 33.1 Å². The van der Waals surface area contributed by atoms with Gasteiger partial charge in [-0.3, -0.25) is 9.10 Å². The third-order valence-corrected chi connectivity index (χ3v) is 6.74. The number of anilines is 2. The second-order valence-corrected chi connectivity index (χ2v) is 8.76. The number of aromatic nitrogens is 2. The molecule has 1 aliphatic rings. The molecule has 7 nitrogen and oxygen atoms in total. The Morgan fingerprint density at radius 1 is 1.40 bits per heavy atom. The number of aryl methyl sites for hydroxylation is 2. The molecule has 1 fully saturated rings. The fraction of sp³-hybridized carbons (Fsp3) is 0.438. The van der Waals surface area contributed by atoms with Crippen molar-refractivity contribution in [3.63, 3.8) is 0 Å². The molecule has 0 bridgehead atoms. The number of carbonyl (C=O) groups excluding carboxylic acids is 1. The standard InChI is InChI=1S/C16H20N4O3S2/c1-3-5-13-15(24-19-18-13)16(21)17-14-10-12(7-6-11(14)2)20-8-4-9-25(20,22)23/h6-7,10H,3-5,8-9H2,1-2H3,(H,17,21). The quantitative estimate of drug-likeness (QED) is 0.861. The molecular formula is C16H20N4O3S2. The van der Waals surface area contributed by atoms with Gasteiger partial charge in [0.05, 0.1) is 17.1 Å². The van der Waals surface area contributed by atoms with Crippen LogP contribution in [0.25, 0.3) is 0 Å². The molecule has 0 atom stereocenters. The molecule has 2 aromatic rings. The van der Waals surface area contributed by atoms with Crippen LogP contribution in [0.2, 0.25) is 0 Å². The van der Waals surface area contributed by atoms with Crippen molar-refractivity contribution in [1.29, 1.82) is 0 Å². The molecule has 25 heavy (non-hydrogen) atoms. The maximum absolute atomic E-state index is 12.6. The summed E-state index contributed by atoms with van der Waals surface area (Å²) in [7, 11) is -3.25. The van der Waals surface area contributed by atoms with Gasteiger partial charge in [-0.1, -0.05) is 23.9 Å². The van der Waals surface area contributed by atoms with Crippen LogP contribution in [0.3, 0.4) is 0 Å². The van der Waals surface area contributed by atoms with Crippen LogP contribution in [0, 0.1) is 6.92 Å². The molecule has 1 aromatic heterocycles. The van der Waals surface area contributed by atoms with E-state index in [4.69, 9.17) is 0 Å². The predicted molar refractivity (Wildman–Crippen MR) is 98.8 cm³/mol. The van der Waals surface area contributed by atoms with Crippen LogP contribution in [-0.2, 0) is 16.4 Å². The van der Waals surface area contributed by atoms with E-state index < -0.39 is 10.0 Å². The van der Waals surface area contributed by atoms with Gasteiger partial charge in [-0.05, 0) is 49.0 Å². The van der Waals surface area contributed by atoms with Crippen LogP contribution >= 0.6 is 11.5 Å². The molecule has 1 amide bonds. The molecule has 3 rings (SSSR count). The molecule has 9 heteroatoms. The summed E-state index contributed by atoms with van der Waals surface area (Å²) in [5.74, 6) is -0.0989. The largest absolute Gasteiger partial charge is 0.321 e. The van der Waals surface area contributed by atoms with Crippen molar-refractivity contribution in [1.82, 2.24) is 9.59 Å². The summed E-state index contributed by atoms with van der Waals surface area (Å²) < 4.78 is 29.5. The zero-order valence-corrected chi connectivity index (χ0v) is 15.8. The molecule has 0 saturated carbocycles. The average Bonchev–Trinajstić information content (AvgIpc) is 3.16. The van der Waals surface area contributed by atoms with E-state index in [1.165, 1.54) is 4.31 Å². The Labute approximate surface area is 151 Å². The lowest BCUT2D eigenvalue weighted by molar-refractivity contribution is 0.102. The van der Waals surface area contributed by atoms with Gasteiger partial charge >= 0.3 is 0 Å². The fourth-order valence-corrected chi connectivity index (χ4v) is 4.95. The van der Waals surface area contributed by atoms with E-state index in [9.17, 15) is 13.2 Å². The second-order valence-electron chi connectivity index (χ2n) is 5.99. The SMILES string of the molecule is CCCc1nnsc1C(=O)Nc1cc(N2CCCS2(=O)=O)ccc1C. The minimum absolute atomic E-state index is 0.162. The Morgan fingerprint density at radius 3 is 2.88 bits per heavy atom. The number of rotatable bonds is 5. The Bertz CT molecular complexity index is 893. The predicted octanol–water partition coefficient (Wildman–Crippen LogP) is 2.59. The number of benzene rings is 1. The highest BCUT2D eigenvalue weighted by Gasteiger charge is 2.28. The van der Waals surface area contributed by atoms with Gasteiger partial charge in [-0.25, -0.2) is 8.42 Å². The lowest BCUT2D eigenvalue weighted by atomic mass is 10.1. The van der Waals surface area contributed by atoms with Crippen LogP contribution in [0.15, 0.2) is 18.2 Å². The van der Waals surface area contributed by atoms with Gasteiger partial charge in [0.2, 0.25) is 10.0 Å². The molecule has 1 saturated heterocycles. The van der Waals surface area contributed by atoms with Gasteiger partial charge in [0, 0.05) is 12.2 Å². The van der Waals surface area contributed by atoms with Crippen molar-refractivity contribution >= 4 is 38.8 Å². The van der Waals surface area contributed by atoms with E-state index in [0.717, 1.165) is 23.5 Å². The van der Waals surface area contributed by atoms with Crippen LogP contribution in [0.1, 0.15) is 40.7 Å². The van der Waals surface area contributed by atoms with Crippen LogP contribution in [0.4, 0.5) is 11.4 Å². The summed E-state index contributed by atoms with van der Waals surface area (Å²) in [4.78, 5) is 13.1. The highest BCUT2D eigenvalue weighted by molar-refractivity contribution is 7.93. The Balaban J connectivity index is 1.86. The van der Waals surface area contributed by atoms with E-state index in [2.05, 4.69) is 14.9 Å². The average molecular weight is 380 g/mol. The van der Waals surface area contributed by atoms with Gasteiger partial charge in [-0.2, -0.15) is 0 Å². The number of hydrogen-bond acceptors (Lipinski definition) is 6. The van der Waals surface area contributed by atoms with Gasteiger partial charge in [-0.15, -0.1) is 5.10 Å². The smallest absolute Gasteiger partial charge is 0.269 e. The second kappa shape index (κ2) is 7.09.